The Kier molecular flexibility index (Phi) is 3.87. The highest BCUT2D eigenvalue weighted by Gasteiger charge is 2.23. The molecule has 1 atom stereocenters. The molecular formula is C14H21N3S2. The van der Waals surface area contributed by atoms with Gasteiger partial charge in [0.1, 0.15) is 5.03 Å². The summed E-state index contributed by atoms with van der Waals surface area (Å²) in [6.07, 6.45) is 4.80. The molecule has 0 saturated heterocycles. The van der Waals surface area contributed by atoms with Crippen LogP contribution in [-0.4, -0.2) is 20.7 Å². The Hall–Kier alpha value is -0.520. The Balaban J connectivity index is 1.83. The van der Waals surface area contributed by atoms with Crippen molar-refractivity contribution in [3.63, 3.8) is 0 Å². The van der Waals surface area contributed by atoms with Crippen LogP contribution in [0.1, 0.15) is 39.3 Å². The molecule has 0 aliphatic heterocycles. The van der Waals surface area contributed by atoms with Crippen LogP contribution in [0.5, 0.6) is 0 Å². The first-order valence-electron chi connectivity index (χ1n) is 6.99. The van der Waals surface area contributed by atoms with Gasteiger partial charge in [-0.3, -0.25) is 4.40 Å². The fourth-order valence-electron chi connectivity index (χ4n) is 1.91. The lowest BCUT2D eigenvalue weighted by Crippen LogP contribution is -2.17. The number of rotatable bonds is 6. The molecule has 0 bridgehead atoms. The molecule has 1 saturated carbocycles. The lowest BCUT2D eigenvalue weighted by Gasteiger charge is -2.14. The summed E-state index contributed by atoms with van der Waals surface area (Å²) in [6.45, 7) is 7.78. The Labute approximate surface area is 122 Å². The second-order valence-corrected chi connectivity index (χ2v) is 7.88. The van der Waals surface area contributed by atoms with E-state index in [4.69, 9.17) is 4.98 Å². The van der Waals surface area contributed by atoms with Gasteiger partial charge < -0.3 is 5.32 Å². The minimum atomic E-state index is 0.601. The van der Waals surface area contributed by atoms with Crippen molar-refractivity contribution >= 4 is 28.1 Å². The van der Waals surface area contributed by atoms with E-state index in [1.165, 1.54) is 23.6 Å². The van der Waals surface area contributed by atoms with Crippen LogP contribution in [0.25, 0.3) is 4.96 Å². The van der Waals surface area contributed by atoms with E-state index in [1.807, 2.05) is 11.8 Å². The van der Waals surface area contributed by atoms with Crippen molar-refractivity contribution in [3.8, 4) is 0 Å². The average molecular weight is 295 g/mol. The lowest BCUT2D eigenvalue weighted by atomic mass is 10.2. The van der Waals surface area contributed by atoms with Gasteiger partial charge in [0.15, 0.2) is 4.96 Å². The Morgan fingerprint density at radius 2 is 2.26 bits per heavy atom. The summed E-state index contributed by atoms with van der Waals surface area (Å²) in [7, 11) is 0. The first-order valence-corrected chi connectivity index (χ1v) is 8.75. The molecule has 2 aromatic heterocycles. The van der Waals surface area contributed by atoms with Crippen LogP contribution in [0.4, 0.5) is 0 Å². The highest BCUT2D eigenvalue weighted by atomic mass is 32.2. The highest BCUT2D eigenvalue weighted by Crippen LogP contribution is 2.32. The molecule has 1 aliphatic rings. The van der Waals surface area contributed by atoms with E-state index in [-0.39, 0.29) is 0 Å². The van der Waals surface area contributed by atoms with Gasteiger partial charge in [-0.25, -0.2) is 4.98 Å². The number of nitrogens with one attached hydrogen (secondary N) is 1. The van der Waals surface area contributed by atoms with Gasteiger partial charge in [-0.05, 0) is 18.8 Å². The molecule has 19 heavy (non-hydrogen) atoms. The van der Waals surface area contributed by atoms with Gasteiger partial charge in [-0.15, -0.1) is 23.1 Å². The van der Waals surface area contributed by atoms with Gasteiger partial charge in [0.05, 0.1) is 5.69 Å². The monoisotopic (exact) mass is 295 g/mol. The van der Waals surface area contributed by atoms with E-state index in [9.17, 15) is 0 Å². The maximum absolute atomic E-state index is 4.80. The second-order valence-electron chi connectivity index (χ2n) is 5.64. The van der Waals surface area contributed by atoms with Crippen molar-refractivity contribution in [1.82, 2.24) is 14.7 Å². The van der Waals surface area contributed by atoms with Crippen LogP contribution in [0.15, 0.2) is 16.6 Å². The van der Waals surface area contributed by atoms with E-state index in [0.29, 0.717) is 11.2 Å². The molecule has 5 heteroatoms. The standard InChI is InChI=1S/C14H21N3S2/c1-9(2)10(3)19-13-12(8-15-11-4-5-11)17-6-7-18-14(17)16-13/h6-7,9-11,15H,4-5,8H2,1-3H3. The number of aromatic nitrogens is 2. The fraction of sp³-hybridized carbons (Fsp3) is 0.643. The van der Waals surface area contributed by atoms with Gasteiger partial charge in [-0.2, -0.15) is 0 Å². The summed E-state index contributed by atoms with van der Waals surface area (Å²) < 4.78 is 2.25. The van der Waals surface area contributed by atoms with Crippen molar-refractivity contribution in [2.75, 3.05) is 0 Å². The number of imidazole rings is 1. The third-order valence-corrected chi connectivity index (χ3v) is 5.92. The van der Waals surface area contributed by atoms with Crippen LogP contribution in [-0.2, 0) is 6.54 Å². The molecule has 1 aliphatic carbocycles. The third-order valence-electron chi connectivity index (χ3n) is 3.70. The predicted octanol–water partition coefficient (Wildman–Crippen LogP) is 3.78. The molecule has 1 fully saturated rings. The largest absolute Gasteiger partial charge is 0.308 e. The van der Waals surface area contributed by atoms with E-state index >= 15 is 0 Å². The zero-order valence-corrected chi connectivity index (χ0v) is 13.4. The maximum Gasteiger partial charge on any atom is 0.194 e. The quantitative estimate of drug-likeness (QED) is 0.822. The van der Waals surface area contributed by atoms with Crippen molar-refractivity contribution in [3.05, 3.63) is 17.3 Å². The molecule has 0 aromatic carbocycles. The number of thiazole rings is 1. The summed E-state index contributed by atoms with van der Waals surface area (Å²) in [5.74, 6) is 0.675. The Morgan fingerprint density at radius 3 is 2.95 bits per heavy atom. The van der Waals surface area contributed by atoms with Crippen LogP contribution < -0.4 is 5.32 Å². The molecule has 3 nitrogen and oxygen atoms in total. The molecule has 0 amide bonds. The molecule has 2 heterocycles. The van der Waals surface area contributed by atoms with Gasteiger partial charge in [0.2, 0.25) is 0 Å². The topological polar surface area (TPSA) is 29.3 Å². The van der Waals surface area contributed by atoms with E-state index < -0.39 is 0 Å². The van der Waals surface area contributed by atoms with E-state index in [1.54, 1.807) is 11.3 Å². The van der Waals surface area contributed by atoms with Crippen LogP contribution >= 0.6 is 23.1 Å². The highest BCUT2D eigenvalue weighted by molar-refractivity contribution is 7.99. The zero-order chi connectivity index (χ0) is 13.4. The molecule has 2 aromatic rings. The summed E-state index contributed by atoms with van der Waals surface area (Å²) in [4.78, 5) is 5.91. The van der Waals surface area contributed by atoms with Crippen LogP contribution in [0, 0.1) is 5.92 Å². The first kappa shape index (κ1) is 13.5. The number of fused-ring (bicyclic) bond motifs is 1. The molecule has 104 valence electrons. The molecule has 1 N–H and O–H groups in total. The van der Waals surface area contributed by atoms with Crippen molar-refractivity contribution in [2.24, 2.45) is 5.92 Å². The third kappa shape index (κ3) is 2.98. The van der Waals surface area contributed by atoms with Gasteiger partial charge >= 0.3 is 0 Å². The Bertz CT molecular complexity index is 554. The van der Waals surface area contributed by atoms with Crippen molar-refractivity contribution in [1.29, 1.82) is 0 Å². The Morgan fingerprint density at radius 1 is 1.47 bits per heavy atom. The van der Waals surface area contributed by atoms with Crippen molar-refractivity contribution < 1.29 is 0 Å². The van der Waals surface area contributed by atoms with Crippen LogP contribution in [0.2, 0.25) is 0 Å². The average Bonchev–Trinajstić information content (AvgIpc) is 2.98. The van der Waals surface area contributed by atoms with Crippen LogP contribution in [0.3, 0.4) is 0 Å². The minimum absolute atomic E-state index is 0.601. The number of thioether (sulfide) groups is 1. The molecule has 0 spiro atoms. The summed E-state index contributed by atoms with van der Waals surface area (Å²) >= 11 is 3.63. The van der Waals surface area contributed by atoms with E-state index in [0.717, 1.165) is 17.5 Å². The molecule has 1 unspecified atom stereocenters. The first-order chi connectivity index (χ1) is 9.15. The van der Waals surface area contributed by atoms with E-state index in [2.05, 4.69) is 42.1 Å². The fourth-order valence-corrected chi connectivity index (χ4v) is 3.77. The number of hydrogen-bond acceptors (Lipinski definition) is 4. The maximum atomic E-state index is 4.80. The second kappa shape index (κ2) is 5.46. The lowest BCUT2D eigenvalue weighted by molar-refractivity contribution is 0.638. The number of hydrogen-bond donors (Lipinski definition) is 1. The molecular weight excluding hydrogens is 274 g/mol. The summed E-state index contributed by atoms with van der Waals surface area (Å²) in [5.41, 5.74) is 1.33. The number of nitrogens with zero attached hydrogens (tertiary/aromatic N) is 2. The predicted molar refractivity (Wildman–Crippen MR) is 83.1 cm³/mol. The SMILES string of the molecule is CC(C)C(C)Sc1nc2sccn2c1CNC1CC1. The molecule has 0 radical (unpaired) electrons. The summed E-state index contributed by atoms with van der Waals surface area (Å²) in [6, 6.07) is 0.740. The summed E-state index contributed by atoms with van der Waals surface area (Å²) in [5, 5.41) is 7.54. The minimum Gasteiger partial charge on any atom is -0.308 e. The van der Waals surface area contributed by atoms with Gasteiger partial charge in [-0.1, -0.05) is 20.8 Å². The zero-order valence-electron chi connectivity index (χ0n) is 11.7. The normalized spacial score (nSPS) is 17.5. The smallest absolute Gasteiger partial charge is 0.194 e. The van der Waals surface area contributed by atoms with Gasteiger partial charge in [0, 0.05) is 29.4 Å². The van der Waals surface area contributed by atoms with Gasteiger partial charge in [0.25, 0.3) is 0 Å². The van der Waals surface area contributed by atoms with Crippen molar-refractivity contribution in [2.45, 2.75) is 56.5 Å². The molecule has 3 rings (SSSR count).